The number of rotatable bonds is 4. The molecule has 0 aliphatic heterocycles. The highest BCUT2D eigenvalue weighted by Gasteiger charge is 2.32. The molecule has 3 atom stereocenters. The lowest BCUT2D eigenvalue weighted by Crippen LogP contribution is -2.49. The lowest BCUT2D eigenvalue weighted by molar-refractivity contribution is 0.0129. The second-order valence-corrected chi connectivity index (χ2v) is 6.23. The summed E-state index contributed by atoms with van der Waals surface area (Å²) in [5.74, 6) is 0.522. The van der Waals surface area contributed by atoms with E-state index in [0.29, 0.717) is 5.56 Å². The highest BCUT2D eigenvalue weighted by molar-refractivity contribution is 5.93. The van der Waals surface area contributed by atoms with E-state index in [2.05, 4.69) is 10.4 Å². The predicted molar refractivity (Wildman–Crippen MR) is 89.8 cm³/mol. The zero-order valence-corrected chi connectivity index (χ0v) is 13.8. The first kappa shape index (κ1) is 16.5. The fourth-order valence-electron chi connectivity index (χ4n) is 3.06. The Morgan fingerprint density at radius 1 is 1.29 bits per heavy atom. The van der Waals surface area contributed by atoms with Crippen LogP contribution in [0.15, 0.2) is 42.7 Å². The molecule has 0 saturated heterocycles. The fourth-order valence-corrected chi connectivity index (χ4v) is 3.06. The van der Waals surface area contributed by atoms with Gasteiger partial charge in [-0.2, -0.15) is 5.10 Å². The largest absolute Gasteiger partial charge is 0.488 e. The molecule has 1 aliphatic carbocycles. The van der Waals surface area contributed by atoms with Crippen molar-refractivity contribution in [2.75, 3.05) is 0 Å². The van der Waals surface area contributed by atoms with Crippen LogP contribution in [0.2, 0.25) is 0 Å². The Balaban J connectivity index is 1.67. The number of benzene rings is 1. The van der Waals surface area contributed by atoms with Gasteiger partial charge in [0.05, 0.1) is 17.8 Å². The second kappa shape index (κ2) is 7.49. The lowest BCUT2D eigenvalue weighted by atomic mass is 10.0. The third-order valence-electron chi connectivity index (χ3n) is 4.36. The molecule has 0 bridgehead atoms. The maximum absolute atomic E-state index is 12.3. The van der Waals surface area contributed by atoms with Crippen molar-refractivity contribution in [3.8, 4) is 5.75 Å². The van der Waals surface area contributed by atoms with Gasteiger partial charge in [0.15, 0.2) is 0 Å². The SMILES string of the molecule is Cn1cc(C(=O)N[C@@H]2CCCC[C@@H](Oc3ccccc3)[C@@H]2O)cn1. The number of amides is 1. The first-order valence-electron chi connectivity index (χ1n) is 8.33. The highest BCUT2D eigenvalue weighted by Crippen LogP contribution is 2.24. The summed E-state index contributed by atoms with van der Waals surface area (Å²) < 4.78 is 7.53. The minimum Gasteiger partial charge on any atom is -0.488 e. The van der Waals surface area contributed by atoms with Gasteiger partial charge in [-0.3, -0.25) is 9.48 Å². The molecule has 128 valence electrons. The average molecular weight is 329 g/mol. The van der Waals surface area contributed by atoms with Gasteiger partial charge in [-0.25, -0.2) is 0 Å². The molecule has 1 saturated carbocycles. The smallest absolute Gasteiger partial charge is 0.254 e. The Kier molecular flexibility index (Phi) is 5.15. The zero-order valence-electron chi connectivity index (χ0n) is 13.8. The molecule has 1 aliphatic rings. The summed E-state index contributed by atoms with van der Waals surface area (Å²) >= 11 is 0. The number of aryl methyl sites for hydroxylation is 1. The summed E-state index contributed by atoms with van der Waals surface area (Å²) in [5, 5.41) is 17.6. The number of aliphatic hydroxyl groups excluding tert-OH is 1. The monoisotopic (exact) mass is 329 g/mol. The molecule has 2 N–H and O–H groups in total. The fraction of sp³-hybridized carbons (Fsp3) is 0.444. The summed E-state index contributed by atoms with van der Waals surface area (Å²) in [6, 6.07) is 9.16. The van der Waals surface area contributed by atoms with Crippen molar-refractivity contribution in [1.29, 1.82) is 0 Å². The Hall–Kier alpha value is -2.34. The first-order valence-corrected chi connectivity index (χ1v) is 8.33. The van der Waals surface area contributed by atoms with Crippen LogP contribution in [0.25, 0.3) is 0 Å². The van der Waals surface area contributed by atoms with E-state index in [1.807, 2.05) is 30.3 Å². The second-order valence-electron chi connectivity index (χ2n) is 6.23. The van der Waals surface area contributed by atoms with Crippen LogP contribution in [0.3, 0.4) is 0 Å². The Morgan fingerprint density at radius 2 is 2.04 bits per heavy atom. The van der Waals surface area contributed by atoms with Crippen LogP contribution in [0, 0.1) is 0 Å². The van der Waals surface area contributed by atoms with Crippen LogP contribution >= 0.6 is 0 Å². The third-order valence-corrected chi connectivity index (χ3v) is 4.36. The van der Waals surface area contributed by atoms with E-state index in [1.165, 1.54) is 6.20 Å². The van der Waals surface area contributed by atoms with Crippen molar-refractivity contribution in [1.82, 2.24) is 15.1 Å². The Morgan fingerprint density at radius 3 is 2.75 bits per heavy atom. The molecule has 1 heterocycles. The van der Waals surface area contributed by atoms with Crippen molar-refractivity contribution in [2.24, 2.45) is 7.05 Å². The molecule has 6 heteroatoms. The van der Waals surface area contributed by atoms with E-state index in [-0.39, 0.29) is 18.1 Å². The minimum absolute atomic E-state index is 0.215. The number of ether oxygens (including phenoxy) is 1. The number of para-hydroxylation sites is 1. The molecule has 6 nitrogen and oxygen atoms in total. The van der Waals surface area contributed by atoms with Gasteiger partial charge in [0, 0.05) is 13.2 Å². The number of hydrogen-bond donors (Lipinski definition) is 2. The molecule has 0 radical (unpaired) electrons. The van der Waals surface area contributed by atoms with Crippen LogP contribution < -0.4 is 10.1 Å². The minimum atomic E-state index is -0.742. The van der Waals surface area contributed by atoms with Gasteiger partial charge in [0.25, 0.3) is 5.91 Å². The van der Waals surface area contributed by atoms with Gasteiger partial charge < -0.3 is 15.2 Å². The van der Waals surface area contributed by atoms with Crippen LogP contribution in [-0.2, 0) is 7.05 Å². The van der Waals surface area contributed by atoms with Gasteiger partial charge in [0.1, 0.15) is 18.0 Å². The van der Waals surface area contributed by atoms with E-state index in [4.69, 9.17) is 4.74 Å². The summed E-state index contributed by atoms with van der Waals surface area (Å²) in [7, 11) is 1.76. The number of carbonyl (C=O) groups excluding carboxylic acids is 1. The lowest BCUT2D eigenvalue weighted by Gasteiger charge is -2.28. The molecular weight excluding hydrogens is 306 g/mol. The van der Waals surface area contributed by atoms with Crippen molar-refractivity contribution < 1.29 is 14.6 Å². The Labute approximate surface area is 141 Å². The third kappa shape index (κ3) is 3.94. The van der Waals surface area contributed by atoms with E-state index < -0.39 is 6.10 Å². The average Bonchev–Trinajstić information content (AvgIpc) is 2.96. The number of aromatic nitrogens is 2. The maximum Gasteiger partial charge on any atom is 0.254 e. The van der Waals surface area contributed by atoms with Gasteiger partial charge in [-0.05, 0) is 31.4 Å². The van der Waals surface area contributed by atoms with Gasteiger partial charge in [0.2, 0.25) is 0 Å². The zero-order chi connectivity index (χ0) is 16.9. The number of nitrogens with zero attached hydrogens (tertiary/aromatic N) is 2. The van der Waals surface area contributed by atoms with Crippen LogP contribution in [0.5, 0.6) is 5.75 Å². The van der Waals surface area contributed by atoms with Gasteiger partial charge in [-0.15, -0.1) is 0 Å². The van der Waals surface area contributed by atoms with Gasteiger partial charge >= 0.3 is 0 Å². The van der Waals surface area contributed by atoms with Crippen molar-refractivity contribution in [3.05, 3.63) is 48.3 Å². The molecular formula is C18H23N3O3. The van der Waals surface area contributed by atoms with E-state index in [1.54, 1.807) is 17.9 Å². The van der Waals surface area contributed by atoms with Crippen LogP contribution in [0.1, 0.15) is 36.0 Å². The maximum atomic E-state index is 12.3. The molecule has 0 unspecified atom stereocenters. The molecule has 1 aromatic heterocycles. The van der Waals surface area contributed by atoms with E-state index in [0.717, 1.165) is 31.4 Å². The summed E-state index contributed by atoms with van der Waals surface area (Å²) in [6.45, 7) is 0. The predicted octanol–water partition coefficient (Wildman–Crippen LogP) is 1.90. The quantitative estimate of drug-likeness (QED) is 0.840. The molecule has 24 heavy (non-hydrogen) atoms. The van der Waals surface area contributed by atoms with Crippen molar-refractivity contribution in [3.63, 3.8) is 0 Å². The first-order chi connectivity index (χ1) is 11.6. The molecule has 1 aromatic carbocycles. The summed E-state index contributed by atoms with van der Waals surface area (Å²) in [6.07, 6.45) is 5.55. The molecule has 2 aromatic rings. The van der Waals surface area contributed by atoms with E-state index >= 15 is 0 Å². The Bertz CT molecular complexity index is 671. The number of carbonyl (C=O) groups is 1. The highest BCUT2D eigenvalue weighted by atomic mass is 16.5. The van der Waals surface area contributed by atoms with Gasteiger partial charge in [-0.1, -0.05) is 24.6 Å². The molecule has 3 rings (SSSR count). The molecule has 0 spiro atoms. The molecule has 1 fully saturated rings. The summed E-state index contributed by atoms with van der Waals surface area (Å²) in [4.78, 5) is 12.3. The van der Waals surface area contributed by atoms with E-state index in [9.17, 15) is 9.90 Å². The molecule has 1 amide bonds. The van der Waals surface area contributed by atoms with Crippen molar-refractivity contribution in [2.45, 2.75) is 43.9 Å². The topological polar surface area (TPSA) is 76.4 Å². The normalized spacial score (nSPS) is 24.2. The number of aliphatic hydroxyl groups is 1. The van der Waals surface area contributed by atoms with Crippen molar-refractivity contribution >= 4 is 5.91 Å². The number of hydrogen-bond acceptors (Lipinski definition) is 4. The number of nitrogens with one attached hydrogen (secondary N) is 1. The summed E-state index contributed by atoms with van der Waals surface area (Å²) in [5.41, 5.74) is 0.495. The van der Waals surface area contributed by atoms with Crippen LogP contribution in [-0.4, -0.2) is 39.0 Å². The van der Waals surface area contributed by atoms with Crippen LogP contribution in [0.4, 0.5) is 0 Å². The standard InChI is InChI=1S/C18H23N3O3/c1-21-12-13(11-19-21)18(23)20-15-9-5-6-10-16(17(15)22)24-14-7-3-2-4-8-14/h2-4,7-8,11-12,15-17,22H,5-6,9-10H2,1H3,(H,20,23)/t15-,16-,17-/m1/s1.